The predicted octanol–water partition coefficient (Wildman–Crippen LogP) is 18.4. The molecule has 1 fully saturated rings. The van der Waals surface area contributed by atoms with Crippen LogP contribution in [0.1, 0.15) is 341 Å². The first-order valence-electron chi connectivity index (χ1n) is 35.9. The highest BCUT2D eigenvalue weighted by molar-refractivity contribution is 5.76. The minimum absolute atomic E-state index is 0.00676. The molecule has 84 heavy (non-hydrogen) atoms. The van der Waals surface area contributed by atoms with Crippen molar-refractivity contribution in [2.24, 2.45) is 0 Å². The number of allylic oxidation sites excluding steroid dienone is 7. The molecule has 492 valence electrons. The fraction of sp³-hybridized carbons (Fsp3) is 0.863. The van der Waals surface area contributed by atoms with Crippen LogP contribution >= 0.6 is 0 Å². The van der Waals surface area contributed by atoms with Crippen LogP contribution in [0.4, 0.5) is 0 Å². The number of esters is 1. The zero-order valence-electron chi connectivity index (χ0n) is 54.6. The first kappa shape index (κ1) is 79.6. The number of hydrogen-bond acceptors (Lipinski definition) is 10. The van der Waals surface area contributed by atoms with Crippen molar-refractivity contribution >= 4 is 11.9 Å². The molecule has 1 aliphatic heterocycles. The molecule has 11 nitrogen and oxygen atoms in total. The van der Waals surface area contributed by atoms with Crippen LogP contribution in [0.25, 0.3) is 0 Å². The standard InChI is InChI=1S/C73H135NO10/c1-3-5-7-9-11-13-15-17-33-36-39-43-47-51-55-59-66(76)65(64-83-73-72(81)71(80)70(79)67(63-75)84-73)74-68(77)60-56-52-48-44-40-37-34-31-29-27-25-23-21-19-18-20-22-24-26-28-30-32-35-38-42-46-50-54-58-62-82-69(78)61-57-53-49-45-41-16-14-12-10-8-6-4-2/h12,14,18,20,24,26,55,59,65-67,70-73,75-76,79-81H,3-11,13,15-17,19,21-23,25,27-54,56-58,60-64H2,1-2H3,(H,74,77)/b14-12-,20-18-,26-24-,59-55+. The van der Waals surface area contributed by atoms with Gasteiger partial charge in [-0.3, -0.25) is 9.59 Å². The molecule has 11 heteroatoms. The first-order valence-corrected chi connectivity index (χ1v) is 35.9. The lowest BCUT2D eigenvalue weighted by Gasteiger charge is -2.40. The van der Waals surface area contributed by atoms with Crippen molar-refractivity contribution in [1.82, 2.24) is 5.32 Å². The molecule has 7 atom stereocenters. The Morgan fingerprint density at radius 1 is 0.440 bits per heavy atom. The highest BCUT2D eigenvalue weighted by Crippen LogP contribution is 2.23. The van der Waals surface area contributed by atoms with Crippen molar-refractivity contribution in [3.63, 3.8) is 0 Å². The average molecular weight is 1190 g/mol. The van der Waals surface area contributed by atoms with E-state index in [0.717, 1.165) is 64.2 Å². The Hall–Kier alpha value is -2.38. The summed E-state index contributed by atoms with van der Waals surface area (Å²) in [5.74, 6) is -0.187. The van der Waals surface area contributed by atoms with Gasteiger partial charge in [0.25, 0.3) is 0 Å². The number of carbonyl (C=O) groups excluding carboxylic acids is 2. The van der Waals surface area contributed by atoms with Crippen LogP contribution in [-0.2, 0) is 23.8 Å². The Kier molecular flexibility index (Phi) is 59.0. The molecule has 6 N–H and O–H groups in total. The van der Waals surface area contributed by atoms with E-state index in [1.165, 1.54) is 250 Å². The molecular formula is C73H135NO10. The molecule has 0 aromatic rings. The van der Waals surface area contributed by atoms with Crippen LogP contribution in [0.15, 0.2) is 48.6 Å². The van der Waals surface area contributed by atoms with Gasteiger partial charge in [0.1, 0.15) is 24.4 Å². The van der Waals surface area contributed by atoms with Crippen LogP contribution in [-0.4, -0.2) is 100 Å². The Labute approximate surface area is 516 Å². The Bertz CT molecular complexity index is 1530. The molecule has 0 bridgehead atoms. The summed E-state index contributed by atoms with van der Waals surface area (Å²) in [6.07, 6.45) is 70.9. The number of rotatable bonds is 63. The number of carbonyl (C=O) groups is 2. The van der Waals surface area contributed by atoms with E-state index in [-0.39, 0.29) is 18.5 Å². The largest absolute Gasteiger partial charge is 0.466 e. The van der Waals surface area contributed by atoms with Crippen LogP contribution < -0.4 is 5.32 Å². The highest BCUT2D eigenvalue weighted by atomic mass is 16.7. The lowest BCUT2D eigenvalue weighted by Crippen LogP contribution is -2.60. The number of nitrogens with one attached hydrogen (secondary N) is 1. The van der Waals surface area contributed by atoms with E-state index in [0.29, 0.717) is 19.4 Å². The highest BCUT2D eigenvalue weighted by Gasteiger charge is 2.44. The zero-order chi connectivity index (χ0) is 60.9. The molecule has 0 spiro atoms. The summed E-state index contributed by atoms with van der Waals surface area (Å²) in [7, 11) is 0. The minimum Gasteiger partial charge on any atom is -0.466 e. The molecule has 0 aromatic heterocycles. The number of amides is 1. The maximum Gasteiger partial charge on any atom is 0.305 e. The van der Waals surface area contributed by atoms with Gasteiger partial charge in [-0.1, -0.05) is 287 Å². The van der Waals surface area contributed by atoms with Gasteiger partial charge in [0, 0.05) is 12.8 Å². The minimum atomic E-state index is -1.57. The van der Waals surface area contributed by atoms with Crippen molar-refractivity contribution in [3.05, 3.63) is 48.6 Å². The van der Waals surface area contributed by atoms with Crippen molar-refractivity contribution < 1.29 is 49.3 Å². The number of ether oxygens (including phenoxy) is 3. The number of aliphatic hydroxyl groups is 5. The average Bonchev–Trinajstić information content (AvgIpc) is 3.70. The van der Waals surface area contributed by atoms with E-state index >= 15 is 0 Å². The van der Waals surface area contributed by atoms with Gasteiger partial charge < -0.3 is 45.1 Å². The van der Waals surface area contributed by atoms with E-state index in [4.69, 9.17) is 14.2 Å². The Balaban J connectivity index is 2.01. The Morgan fingerprint density at radius 3 is 1.24 bits per heavy atom. The monoisotopic (exact) mass is 1190 g/mol. The van der Waals surface area contributed by atoms with E-state index in [2.05, 4.69) is 55.6 Å². The van der Waals surface area contributed by atoms with Gasteiger partial charge in [0.05, 0.1) is 32.0 Å². The summed E-state index contributed by atoms with van der Waals surface area (Å²) in [5, 5.41) is 54.6. The maximum absolute atomic E-state index is 13.1. The quantitative estimate of drug-likeness (QED) is 0.0195. The van der Waals surface area contributed by atoms with Crippen molar-refractivity contribution in [2.45, 2.75) is 384 Å². The lowest BCUT2D eigenvalue weighted by molar-refractivity contribution is -0.302. The van der Waals surface area contributed by atoms with Gasteiger partial charge >= 0.3 is 5.97 Å². The van der Waals surface area contributed by atoms with Gasteiger partial charge in [-0.05, 0) is 89.9 Å². The van der Waals surface area contributed by atoms with E-state index in [9.17, 15) is 35.1 Å². The molecule has 7 unspecified atom stereocenters. The molecule has 1 heterocycles. The second-order valence-electron chi connectivity index (χ2n) is 24.9. The summed E-state index contributed by atoms with van der Waals surface area (Å²) in [5.41, 5.74) is 0. The van der Waals surface area contributed by atoms with Gasteiger partial charge in [-0.2, -0.15) is 0 Å². The SMILES string of the molecule is CCCCC/C=C\CCCCCCCC(=O)OCCCCCCCCCCC/C=C\C/C=C\CCCCCCCCCCCCCCCC(=O)NC(COC1OC(CO)C(O)C(O)C1O)C(O)/C=C/CCCCCCCCCCCCCCC. The number of unbranched alkanes of at least 4 members (excludes halogenated alkanes) is 43. The number of hydrogen-bond donors (Lipinski definition) is 6. The second-order valence-corrected chi connectivity index (χ2v) is 24.9. The van der Waals surface area contributed by atoms with Crippen LogP contribution in [0.5, 0.6) is 0 Å². The van der Waals surface area contributed by atoms with Crippen LogP contribution in [0, 0.1) is 0 Å². The van der Waals surface area contributed by atoms with Crippen molar-refractivity contribution in [2.75, 3.05) is 19.8 Å². The van der Waals surface area contributed by atoms with Gasteiger partial charge in [-0.25, -0.2) is 0 Å². The van der Waals surface area contributed by atoms with Gasteiger partial charge in [-0.15, -0.1) is 0 Å². The van der Waals surface area contributed by atoms with Gasteiger partial charge in [0.2, 0.25) is 5.91 Å². The third kappa shape index (κ3) is 50.6. The van der Waals surface area contributed by atoms with Crippen molar-refractivity contribution in [3.8, 4) is 0 Å². The summed E-state index contributed by atoms with van der Waals surface area (Å²) in [6.45, 7) is 4.35. The molecule has 0 saturated carbocycles. The zero-order valence-corrected chi connectivity index (χ0v) is 54.6. The summed E-state index contributed by atoms with van der Waals surface area (Å²) < 4.78 is 16.7. The van der Waals surface area contributed by atoms with E-state index in [1.807, 2.05) is 6.08 Å². The molecule has 0 aliphatic carbocycles. The molecule has 0 aromatic carbocycles. The number of aliphatic hydroxyl groups excluding tert-OH is 5. The maximum atomic E-state index is 13.1. The fourth-order valence-electron chi connectivity index (χ4n) is 11.2. The molecule has 1 aliphatic rings. The summed E-state index contributed by atoms with van der Waals surface area (Å²) >= 11 is 0. The molecule has 1 saturated heterocycles. The summed E-state index contributed by atoms with van der Waals surface area (Å²) in [6, 6.07) is -0.812. The Morgan fingerprint density at radius 2 is 0.798 bits per heavy atom. The summed E-state index contributed by atoms with van der Waals surface area (Å²) in [4.78, 5) is 25.1. The molecule has 1 rings (SSSR count). The van der Waals surface area contributed by atoms with Crippen LogP contribution in [0.2, 0.25) is 0 Å². The molecule has 1 amide bonds. The van der Waals surface area contributed by atoms with E-state index in [1.54, 1.807) is 6.08 Å². The second kappa shape index (κ2) is 62.2. The molecule has 0 radical (unpaired) electrons. The normalized spacial score (nSPS) is 18.3. The van der Waals surface area contributed by atoms with Crippen molar-refractivity contribution in [1.29, 1.82) is 0 Å². The smallest absolute Gasteiger partial charge is 0.305 e. The predicted molar refractivity (Wildman–Crippen MR) is 352 cm³/mol. The van der Waals surface area contributed by atoms with Gasteiger partial charge in [0.15, 0.2) is 6.29 Å². The third-order valence-corrected chi connectivity index (χ3v) is 16.9. The first-order chi connectivity index (χ1) is 41.2. The molecular weight excluding hydrogens is 1050 g/mol. The van der Waals surface area contributed by atoms with Crippen LogP contribution in [0.3, 0.4) is 0 Å². The fourth-order valence-corrected chi connectivity index (χ4v) is 11.2. The lowest BCUT2D eigenvalue weighted by atomic mass is 9.99. The van der Waals surface area contributed by atoms with E-state index < -0.39 is 49.5 Å². The topological polar surface area (TPSA) is 175 Å². The third-order valence-electron chi connectivity index (χ3n) is 16.9.